The van der Waals surface area contributed by atoms with Crippen LogP contribution in [-0.4, -0.2) is 147 Å². The van der Waals surface area contributed by atoms with Crippen LogP contribution in [0.25, 0.3) is 21.3 Å². The summed E-state index contributed by atoms with van der Waals surface area (Å²) < 4.78 is 25.6. The summed E-state index contributed by atoms with van der Waals surface area (Å²) in [7, 11) is 0. The smallest absolute Gasteiger partial charge is 0.654 e. The molecule has 4 unspecified atom stereocenters. The van der Waals surface area contributed by atoms with E-state index in [1.54, 1.807) is 21.3 Å². The molecule has 0 aromatic carbocycles. The van der Waals surface area contributed by atoms with Gasteiger partial charge < -0.3 is 40.2 Å². The SMILES string of the molecule is CC1(C)C[N-]CC2(C)OCCCCCCCCCCOC3(C)C[N-]CC(C)(C)[NH2+]C(=O)C(C)(C[N-]CC(C)(C)[NH2+]C3=O)OCCCCCCCCCCOC(C)(C[N-]CC(C)(C)[NH2+]C2=O)C(=O)[NH2+]1.[Ni+2].[Ni+2]. The minimum absolute atomic E-state index is 0. The van der Waals surface area contributed by atoms with E-state index in [-0.39, 0.29) is 82.8 Å². The van der Waals surface area contributed by atoms with Gasteiger partial charge in [0.25, 0.3) is 0 Å². The average molecular weight is 1080 g/mol. The van der Waals surface area contributed by atoms with Crippen LogP contribution in [0.4, 0.5) is 0 Å². The molecule has 6 saturated heterocycles. The molecular formula is C52H100N8Ni2O8+4. The van der Waals surface area contributed by atoms with Gasteiger partial charge in [0, 0.05) is 26.4 Å². The maximum atomic E-state index is 14.0. The molecule has 4 amide bonds. The molecule has 6 heterocycles. The first-order chi connectivity index (χ1) is 31.8. The minimum atomic E-state index is -1.10. The Balaban J connectivity index is 0.0000122. The van der Waals surface area contributed by atoms with Crippen molar-refractivity contribution in [3.8, 4) is 0 Å². The summed E-state index contributed by atoms with van der Waals surface area (Å²) in [5, 5.41) is 26.4. The van der Waals surface area contributed by atoms with E-state index in [9.17, 15) is 19.2 Å². The Morgan fingerprint density at radius 2 is 0.443 bits per heavy atom. The van der Waals surface area contributed by atoms with Crippen molar-refractivity contribution in [2.75, 3.05) is 78.8 Å². The van der Waals surface area contributed by atoms with Gasteiger partial charge in [0.2, 0.25) is 0 Å². The van der Waals surface area contributed by atoms with Gasteiger partial charge >= 0.3 is 56.6 Å². The van der Waals surface area contributed by atoms with Gasteiger partial charge in [0.15, 0.2) is 22.4 Å². The molecule has 18 heteroatoms. The summed E-state index contributed by atoms with van der Waals surface area (Å²) in [6.07, 6.45) is 16.1. The zero-order chi connectivity index (χ0) is 50.6. The van der Waals surface area contributed by atoms with Crippen molar-refractivity contribution >= 4 is 23.6 Å². The van der Waals surface area contributed by atoms with Crippen LogP contribution < -0.4 is 21.3 Å². The summed E-state index contributed by atoms with van der Waals surface area (Å²) in [6.45, 7) is 27.6. The first kappa shape index (κ1) is 67.2. The first-order valence-electron chi connectivity index (χ1n) is 26.5. The molecule has 6 fully saturated rings. The van der Waals surface area contributed by atoms with E-state index in [1.165, 1.54) is 0 Å². The van der Waals surface area contributed by atoms with Gasteiger partial charge in [0.05, 0.1) is 22.2 Å². The standard InChI is InChI=1S/C52H96N8O8.2Ni/c1-45(2)33-53-37-50(10)42(62)58-46(3,4)34-54-38-49(9,41(61)57-45)65-29-25-21-17-13-14-19-23-27-31-67-51(11)39-55-35-48(7,8)60-44(64)52(12,40-56-36-47(5,6)59-43(51)63)68-32-28-24-20-16-15-18-22-26-30-66-50;;/h13-40H2,1-12H3,(H,57,61)(H,58,62)(H,59,63)(H,60,64);;/q-4;2*+2/p+4. The summed E-state index contributed by atoms with van der Waals surface area (Å²) in [5.74, 6) is -0.340. The fourth-order valence-corrected chi connectivity index (χ4v) is 8.94. The number of rotatable bonds is 0. The van der Waals surface area contributed by atoms with Crippen molar-refractivity contribution in [2.24, 2.45) is 0 Å². The third kappa shape index (κ3) is 24.7. The van der Waals surface area contributed by atoms with Gasteiger partial charge in [0.1, 0.15) is 0 Å². The molecule has 0 spiro atoms. The summed E-state index contributed by atoms with van der Waals surface area (Å²) in [6, 6.07) is 0. The van der Waals surface area contributed by atoms with Crippen LogP contribution in [0, 0.1) is 0 Å². The molecule has 0 saturated carbocycles. The third-order valence-corrected chi connectivity index (χ3v) is 13.7. The van der Waals surface area contributed by atoms with Crippen molar-refractivity contribution in [1.29, 1.82) is 0 Å². The van der Waals surface area contributed by atoms with Crippen LogP contribution in [0.2, 0.25) is 0 Å². The Labute approximate surface area is 444 Å². The number of carbonyl (C=O) groups excluding carboxylic acids is 4. The van der Waals surface area contributed by atoms with Crippen molar-refractivity contribution < 1.29 is 92.4 Å². The van der Waals surface area contributed by atoms with Crippen LogP contribution in [-0.2, 0) is 71.1 Å². The third-order valence-electron chi connectivity index (χ3n) is 13.7. The molecular weight excluding hydrogens is 982 g/mol. The molecule has 0 radical (unpaired) electrons. The molecule has 4 atom stereocenters. The van der Waals surface area contributed by atoms with Gasteiger partial charge in [-0.15, -0.1) is 26.2 Å². The van der Waals surface area contributed by atoms with E-state index >= 15 is 0 Å². The Morgan fingerprint density at radius 3 is 0.614 bits per heavy atom. The second-order valence-corrected chi connectivity index (χ2v) is 24.1. The second-order valence-electron chi connectivity index (χ2n) is 24.1. The monoisotopic (exact) mass is 1080 g/mol. The van der Waals surface area contributed by atoms with E-state index in [4.69, 9.17) is 40.2 Å². The van der Waals surface area contributed by atoms with E-state index < -0.39 is 44.6 Å². The molecule has 6 rings (SSSR count). The van der Waals surface area contributed by atoms with Crippen LogP contribution in [0.15, 0.2) is 0 Å². The second kappa shape index (κ2) is 31.3. The van der Waals surface area contributed by atoms with Gasteiger partial charge in [-0.3, -0.25) is 21.3 Å². The molecule has 0 aromatic heterocycles. The Kier molecular flexibility index (Phi) is 30.0. The van der Waals surface area contributed by atoms with Gasteiger partial charge in [-0.1, -0.05) is 103 Å². The maximum Gasteiger partial charge on any atom is 2.00 e. The van der Waals surface area contributed by atoms with E-state index in [0.29, 0.717) is 52.6 Å². The molecule has 8 N–H and O–H groups in total. The summed E-state index contributed by atoms with van der Waals surface area (Å²) in [4.78, 5) is 55.9. The van der Waals surface area contributed by atoms with E-state index in [2.05, 4.69) is 0 Å². The van der Waals surface area contributed by atoms with Crippen LogP contribution in [0.5, 0.6) is 0 Å². The molecule has 6 aliphatic heterocycles. The summed E-state index contributed by atoms with van der Waals surface area (Å²) in [5.41, 5.74) is -6.61. The van der Waals surface area contributed by atoms with Crippen molar-refractivity contribution in [2.45, 2.75) is 230 Å². The van der Waals surface area contributed by atoms with Crippen molar-refractivity contribution in [3.05, 3.63) is 21.3 Å². The van der Waals surface area contributed by atoms with Gasteiger partial charge in [-0.05, 0) is 109 Å². The molecule has 70 heavy (non-hydrogen) atoms. The topological polar surface area (TPSA) is 228 Å². The molecule has 16 nitrogen and oxygen atoms in total. The Hall–Kier alpha value is -0.813. The number of hydrogen-bond acceptors (Lipinski definition) is 8. The molecule has 0 aliphatic carbocycles. The minimum Gasteiger partial charge on any atom is -0.654 e. The number of nitrogens with zero attached hydrogens (tertiary/aromatic N) is 4. The number of ether oxygens (including phenoxy) is 4. The fourth-order valence-electron chi connectivity index (χ4n) is 8.94. The Morgan fingerprint density at radius 1 is 0.286 bits per heavy atom. The average Bonchev–Trinajstić information content (AvgIpc) is 3.22. The first-order valence-corrected chi connectivity index (χ1v) is 26.5. The number of nitrogens with two attached hydrogens (primary N) is 4. The number of primary amides is 4. The fraction of sp³-hybridized carbons (Fsp3) is 0.923. The summed E-state index contributed by atoms with van der Waals surface area (Å²) >= 11 is 0. The Bertz CT molecular complexity index is 1350. The number of amides is 4. The molecule has 0 aromatic rings. The molecule has 412 valence electrons. The zero-order valence-corrected chi connectivity index (χ0v) is 47.8. The number of quaternary nitrogens is 4. The number of carbonyl (C=O) groups is 4. The largest absolute Gasteiger partial charge is 2.00 e. The van der Waals surface area contributed by atoms with Crippen molar-refractivity contribution in [3.63, 3.8) is 0 Å². The van der Waals surface area contributed by atoms with Crippen LogP contribution in [0.1, 0.15) is 186 Å². The van der Waals surface area contributed by atoms with Gasteiger partial charge in [-0.2, -0.15) is 0 Å². The maximum absolute atomic E-state index is 14.0. The zero-order valence-electron chi connectivity index (χ0n) is 45.8. The predicted molar refractivity (Wildman–Crippen MR) is 268 cm³/mol. The van der Waals surface area contributed by atoms with E-state index in [1.807, 2.05) is 83.1 Å². The van der Waals surface area contributed by atoms with E-state index in [0.717, 1.165) is 103 Å². The quantitative estimate of drug-likeness (QED) is 0.255. The van der Waals surface area contributed by atoms with Gasteiger partial charge in [-0.25, -0.2) is 19.2 Å². The number of hydrogen-bond donors (Lipinski definition) is 4. The normalized spacial score (nSPS) is 32.9. The molecule has 6 aliphatic rings. The van der Waals surface area contributed by atoms with Crippen LogP contribution in [0.3, 0.4) is 0 Å². The predicted octanol–water partition coefficient (Wildman–Crippen LogP) is 4.33. The van der Waals surface area contributed by atoms with Crippen molar-refractivity contribution in [1.82, 2.24) is 0 Å². The molecule has 4 bridgehead atoms. The van der Waals surface area contributed by atoms with Crippen LogP contribution >= 0.6 is 0 Å².